The van der Waals surface area contributed by atoms with Gasteiger partial charge in [-0.3, -0.25) is 9.59 Å². The van der Waals surface area contributed by atoms with Crippen LogP contribution in [0.1, 0.15) is 47.0 Å². The molecule has 1 amide bonds. The molecule has 1 aliphatic rings. The van der Waals surface area contributed by atoms with Crippen LogP contribution in [-0.4, -0.2) is 45.5 Å². The lowest BCUT2D eigenvalue weighted by Crippen LogP contribution is -2.33. The molecule has 1 unspecified atom stereocenters. The number of likely N-dealkylation sites (tertiary alicyclic amines) is 1. The third-order valence-corrected chi connectivity index (χ3v) is 3.62. The van der Waals surface area contributed by atoms with Gasteiger partial charge in [0.05, 0.1) is 6.10 Å². The molecule has 104 valence electrons. The van der Waals surface area contributed by atoms with Crippen LogP contribution in [0.2, 0.25) is 0 Å². The summed E-state index contributed by atoms with van der Waals surface area (Å²) in [6.45, 7) is 2.73. The minimum atomic E-state index is -0.306. The van der Waals surface area contributed by atoms with Crippen molar-refractivity contribution in [1.29, 1.82) is 0 Å². The molecule has 1 aromatic heterocycles. The number of hydrogen-bond donors (Lipinski definition) is 1. The normalized spacial score (nSPS) is 20.2. The number of aryl methyl sites for hydroxylation is 1. The summed E-state index contributed by atoms with van der Waals surface area (Å²) in [5.41, 5.74) is 1.09. The number of rotatable bonds is 2. The highest BCUT2D eigenvalue weighted by molar-refractivity contribution is 5.99. The zero-order chi connectivity index (χ0) is 14.0. The van der Waals surface area contributed by atoms with Gasteiger partial charge in [-0.05, 0) is 32.3 Å². The van der Waals surface area contributed by atoms with E-state index >= 15 is 0 Å². The number of aliphatic hydroxyl groups is 1. The average Bonchev–Trinajstić information content (AvgIpc) is 2.61. The Bertz CT molecular complexity index is 493. The number of ketones is 1. The zero-order valence-electron chi connectivity index (χ0n) is 11.4. The van der Waals surface area contributed by atoms with Crippen LogP contribution in [-0.2, 0) is 7.05 Å². The first-order valence-corrected chi connectivity index (χ1v) is 6.63. The second kappa shape index (κ2) is 5.57. The molecule has 1 N–H and O–H groups in total. The van der Waals surface area contributed by atoms with Crippen LogP contribution in [0.5, 0.6) is 0 Å². The molecular weight excluding hydrogens is 244 g/mol. The topological polar surface area (TPSA) is 62.5 Å². The zero-order valence-corrected chi connectivity index (χ0v) is 11.4. The molecule has 0 radical (unpaired) electrons. The van der Waals surface area contributed by atoms with E-state index in [1.54, 1.807) is 28.8 Å². The van der Waals surface area contributed by atoms with Crippen LogP contribution in [0, 0.1) is 0 Å². The number of carbonyl (C=O) groups is 2. The van der Waals surface area contributed by atoms with Crippen LogP contribution in [0.3, 0.4) is 0 Å². The Balaban J connectivity index is 2.16. The highest BCUT2D eigenvalue weighted by Crippen LogP contribution is 2.16. The Kier molecular flexibility index (Phi) is 4.04. The monoisotopic (exact) mass is 264 g/mol. The van der Waals surface area contributed by atoms with E-state index in [1.807, 2.05) is 0 Å². The Morgan fingerprint density at radius 2 is 2.05 bits per heavy atom. The second-order valence-corrected chi connectivity index (χ2v) is 5.16. The Labute approximate surface area is 112 Å². The van der Waals surface area contributed by atoms with Gasteiger partial charge in [-0.2, -0.15) is 0 Å². The summed E-state index contributed by atoms with van der Waals surface area (Å²) in [4.78, 5) is 25.5. The molecule has 5 heteroatoms. The van der Waals surface area contributed by atoms with E-state index in [-0.39, 0.29) is 17.8 Å². The minimum Gasteiger partial charge on any atom is -0.393 e. The Hall–Kier alpha value is -1.62. The maximum atomic E-state index is 12.4. The van der Waals surface area contributed by atoms with Gasteiger partial charge in [0.25, 0.3) is 5.91 Å². The van der Waals surface area contributed by atoms with Gasteiger partial charge >= 0.3 is 0 Å². The Morgan fingerprint density at radius 3 is 2.68 bits per heavy atom. The van der Waals surface area contributed by atoms with Gasteiger partial charge in [-0.25, -0.2) is 0 Å². The molecule has 2 rings (SSSR count). The average molecular weight is 264 g/mol. The predicted molar refractivity (Wildman–Crippen MR) is 71.2 cm³/mol. The molecule has 1 aliphatic heterocycles. The van der Waals surface area contributed by atoms with E-state index < -0.39 is 0 Å². The van der Waals surface area contributed by atoms with Crippen LogP contribution in [0.4, 0.5) is 0 Å². The SMILES string of the molecule is CC(=O)c1cc(C(=O)N2CCCC(O)CC2)n(C)c1. The fourth-order valence-electron chi connectivity index (χ4n) is 2.41. The molecule has 0 aliphatic carbocycles. The highest BCUT2D eigenvalue weighted by Gasteiger charge is 2.23. The van der Waals surface area contributed by atoms with E-state index in [0.717, 1.165) is 12.8 Å². The fourth-order valence-corrected chi connectivity index (χ4v) is 2.41. The van der Waals surface area contributed by atoms with Gasteiger partial charge < -0.3 is 14.6 Å². The van der Waals surface area contributed by atoms with Gasteiger partial charge in [-0.1, -0.05) is 0 Å². The van der Waals surface area contributed by atoms with Crippen molar-refractivity contribution in [3.8, 4) is 0 Å². The highest BCUT2D eigenvalue weighted by atomic mass is 16.3. The smallest absolute Gasteiger partial charge is 0.270 e. The second-order valence-electron chi connectivity index (χ2n) is 5.16. The lowest BCUT2D eigenvalue weighted by molar-refractivity contribution is 0.0743. The third kappa shape index (κ3) is 3.04. The summed E-state index contributed by atoms with van der Waals surface area (Å²) in [6, 6.07) is 1.64. The van der Waals surface area contributed by atoms with Crippen LogP contribution in [0.15, 0.2) is 12.3 Å². The molecule has 1 aromatic rings. The summed E-state index contributed by atoms with van der Waals surface area (Å²) >= 11 is 0. The molecule has 0 bridgehead atoms. The maximum absolute atomic E-state index is 12.4. The van der Waals surface area contributed by atoms with Crippen molar-refractivity contribution < 1.29 is 14.7 Å². The predicted octanol–water partition coefficient (Wildman–Crippen LogP) is 1.21. The molecule has 5 nitrogen and oxygen atoms in total. The van der Waals surface area contributed by atoms with E-state index in [4.69, 9.17) is 0 Å². The molecule has 2 heterocycles. The van der Waals surface area contributed by atoms with Gasteiger partial charge in [0.2, 0.25) is 0 Å². The quantitative estimate of drug-likeness (QED) is 0.817. The standard InChI is InChI=1S/C14H20N2O3/c1-10(17)11-8-13(15(2)9-11)14(19)16-6-3-4-12(18)5-7-16/h8-9,12,18H,3-7H2,1-2H3. The maximum Gasteiger partial charge on any atom is 0.270 e. The van der Waals surface area contributed by atoms with Crippen molar-refractivity contribution in [3.05, 3.63) is 23.5 Å². The number of aromatic nitrogens is 1. The third-order valence-electron chi connectivity index (χ3n) is 3.62. The summed E-state index contributed by atoms with van der Waals surface area (Å²) in [7, 11) is 1.77. The Morgan fingerprint density at radius 1 is 1.32 bits per heavy atom. The van der Waals surface area contributed by atoms with Gasteiger partial charge in [-0.15, -0.1) is 0 Å². The summed E-state index contributed by atoms with van der Waals surface area (Å²) < 4.78 is 1.69. The van der Waals surface area contributed by atoms with E-state index in [0.29, 0.717) is 30.8 Å². The van der Waals surface area contributed by atoms with Crippen LogP contribution < -0.4 is 0 Å². The molecule has 1 saturated heterocycles. The lowest BCUT2D eigenvalue weighted by Gasteiger charge is -2.20. The molecular formula is C14H20N2O3. The first-order valence-electron chi connectivity index (χ1n) is 6.63. The molecule has 0 spiro atoms. The largest absolute Gasteiger partial charge is 0.393 e. The van der Waals surface area contributed by atoms with Crippen molar-refractivity contribution in [2.24, 2.45) is 7.05 Å². The van der Waals surface area contributed by atoms with Crippen molar-refractivity contribution in [2.75, 3.05) is 13.1 Å². The number of hydrogen-bond acceptors (Lipinski definition) is 3. The summed E-state index contributed by atoms with van der Waals surface area (Å²) in [6.07, 6.45) is 3.56. The number of carbonyl (C=O) groups excluding carboxylic acids is 2. The lowest BCUT2D eigenvalue weighted by atomic mass is 10.2. The van der Waals surface area contributed by atoms with Gasteiger partial charge in [0.15, 0.2) is 5.78 Å². The first-order chi connectivity index (χ1) is 8.99. The van der Waals surface area contributed by atoms with E-state index in [2.05, 4.69) is 0 Å². The van der Waals surface area contributed by atoms with Crippen molar-refractivity contribution >= 4 is 11.7 Å². The van der Waals surface area contributed by atoms with Crippen molar-refractivity contribution in [1.82, 2.24) is 9.47 Å². The first kappa shape index (κ1) is 13.8. The number of Topliss-reactive ketones (excluding diaryl/α,β-unsaturated/α-hetero) is 1. The van der Waals surface area contributed by atoms with Gasteiger partial charge in [0.1, 0.15) is 5.69 Å². The number of amides is 1. The molecule has 1 atom stereocenters. The minimum absolute atomic E-state index is 0.0408. The van der Waals surface area contributed by atoms with Crippen LogP contribution >= 0.6 is 0 Å². The summed E-state index contributed by atoms with van der Waals surface area (Å²) in [5, 5.41) is 9.60. The van der Waals surface area contributed by atoms with E-state index in [1.165, 1.54) is 6.92 Å². The molecule has 0 aromatic carbocycles. The van der Waals surface area contributed by atoms with Crippen molar-refractivity contribution in [2.45, 2.75) is 32.3 Å². The summed E-state index contributed by atoms with van der Waals surface area (Å²) in [5.74, 6) is -0.106. The van der Waals surface area contributed by atoms with Crippen molar-refractivity contribution in [3.63, 3.8) is 0 Å². The van der Waals surface area contributed by atoms with E-state index in [9.17, 15) is 14.7 Å². The molecule has 0 saturated carbocycles. The number of nitrogens with zero attached hydrogens (tertiary/aromatic N) is 2. The fraction of sp³-hybridized carbons (Fsp3) is 0.571. The van der Waals surface area contributed by atoms with Gasteiger partial charge in [0, 0.05) is 31.9 Å². The number of aliphatic hydroxyl groups excluding tert-OH is 1. The molecule has 1 fully saturated rings. The molecule has 19 heavy (non-hydrogen) atoms. The van der Waals surface area contributed by atoms with Crippen LogP contribution in [0.25, 0.3) is 0 Å².